The second kappa shape index (κ2) is 18.2. The number of hydrogen-bond acceptors (Lipinski definition) is 7. The number of nitrogens with one attached hydrogen (secondary N) is 2. The summed E-state index contributed by atoms with van der Waals surface area (Å²) in [6.07, 6.45) is 5.43. The molecule has 0 aliphatic rings. The Balaban J connectivity index is 2.74. The fraction of sp³-hybridized carbons (Fsp3) is 0.513. The summed E-state index contributed by atoms with van der Waals surface area (Å²) in [5, 5.41) is 5.37. The normalized spacial score (nSPS) is 13.9. The van der Waals surface area contributed by atoms with E-state index in [9.17, 15) is 24.0 Å². The third-order valence-corrected chi connectivity index (χ3v) is 7.50. The molecule has 50 heavy (non-hydrogen) atoms. The van der Waals surface area contributed by atoms with E-state index in [2.05, 4.69) is 16.6 Å². The van der Waals surface area contributed by atoms with Crippen LogP contribution in [0.15, 0.2) is 54.6 Å². The van der Waals surface area contributed by atoms with Gasteiger partial charge >= 0.3 is 12.1 Å². The fourth-order valence-corrected chi connectivity index (χ4v) is 5.21. The molecule has 0 saturated heterocycles. The Morgan fingerprint density at radius 1 is 0.820 bits per heavy atom. The standard InChI is InChI=1S/C39H54N4O7/c1-11-27-19-21-29(22-20-27)33(34(45)41-31(36(47)49-38(5,6)7)23-28-15-13-12-14-16-28)43(26(4)18-17-25(2)3)35(46)30(24-32(40)44)42-37(48)50-39(8,9)10/h1,12-16,19-22,25-26,30-31,33H,17-18,23-24H2,2-10H3,(H2,40,44)(H,41,45)(H,42,48). The molecule has 0 heterocycles. The van der Waals surface area contributed by atoms with Crippen LogP contribution in [0, 0.1) is 18.3 Å². The van der Waals surface area contributed by atoms with Gasteiger partial charge in [-0.25, -0.2) is 9.59 Å². The first-order valence-corrected chi connectivity index (χ1v) is 16.9. The van der Waals surface area contributed by atoms with Crippen LogP contribution in [-0.2, 0) is 35.1 Å². The number of carbonyl (C=O) groups excluding carboxylic acids is 5. The Kier molecular flexibility index (Phi) is 15.1. The van der Waals surface area contributed by atoms with Crippen molar-refractivity contribution >= 4 is 29.8 Å². The Morgan fingerprint density at radius 2 is 1.40 bits per heavy atom. The second-order valence-corrected chi connectivity index (χ2v) is 14.9. The van der Waals surface area contributed by atoms with Gasteiger partial charge in [-0.05, 0) is 90.5 Å². The zero-order valence-corrected chi connectivity index (χ0v) is 30.9. The predicted octanol–water partition coefficient (Wildman–Crippen LogP) is 5.20. The quantitative estimate of drug-likeness (QED) is 0.171. The molecule has 2 aromatic rings. The molecular formula is C39H54N4O7. The highest BCUT2D eigenvalue weighted by Crippen LogP contribution is 2.29. The van der Waals surface area contributed by atoms with E-state index in [1.165, 1.54) is 4.90 Å². The lowest BCUT2D eigenvalue weighted by molar-refractivity contribution is -0.159. The van der Waals surface area contributed by atoms with Gasteiger partial charge in [0.1, 0.15) is 29.3 Å². The van der Waals surface area contributed by atoms with Gasteiger partial charge in [-0.1, -0.05) is 62.2 Å². The monoisotopic (exact) mass is 690 g/mol. The number of ether oxygens (including phenoxy) is 2. The summed E-state index contributed by atoms with van der Waals surface area (Å²) >= 11 is 0. The van der Waals surface area contributed by atoms with Crippen molar-refractivity contribution in [2.24, 2.45) is 11.7 Å². The Bertz CT molecular complexity index is 1500. The summed E-state index contributed by atoms with van der Waals surface area (Å²) in [5.74, 6) is -0.0918. The number of esters is 1. The highest BCUT2D eigenvalue weighted by molar-refractivity contribution is 5.96. The number of amides is 4. The predicted molar refractivity (Wildman–Crippen MR) is 192 cm³/mol. The Labute approximate surface area is 297 Å². The Morgan fingerprint density at radius 3 is 1.90 bits per heavy atom. The molecule has 0 aliphatic carbocycles. The van der Waals surface area contributed by atoms with Crippen molar-refractivity contribution in [1.82, 2.24) is 15.5 Å². The van der Waals surface area contributed by atoms with Crippen molar-refractivity contribution < 1.29 is 33.4 Å². The van der Waals surface area contributed by atoms with Crippen LogP contribution in [0.1, 0.15) is 104 Å². The van der Waals surface area contributed by atoms with Crippen LogP contribution in [0.4, 0.5) is 4.79 Å². The van der Waals surface area contributed by atoms with Crippen molar-refractivity contribution in [1.29, 1.82) is 0 Å². The molecular weight excluding hydrogens is 636 g/mol. The van der Waals surface area contributed by atoms with Crippen LogP contribution in [0.25, 0.3) is 0 Å². The summed E-state index contributed by atoms with van der Waals surface area (Å²) in [4.78, 5) is 69.4. The molecule has 0 saturated carbocycles. The van der Waals surface area contributed by atoms with Gasteiger partial charge in [0.15, 0.2) is 0 Å². The lowest BCUT2D eigenvalue weighted by Gasteiger charge is -2.39. The number of nitrogens with zero attached hydrogens (tertiary/aromatic N) is 1. The lowest BCUT2D eigenvalue weighted by Crippen LogP contribution is -2.57. The second-order valence-electron chi connectivity index (χ2n) is 14.9. The molecule has 2 rings (SSSR count). The highest BCUT2D eigenvalue weighted by Gasteiger charge is 2.41. The van der Waals surface area contributed by atoms with E-state index < -0.39 is 71.6 Å². The molecule has 0 aromatic heterocycles. The van der Waals surface area contributed by atoms with Crippen molar-refractivity contribution in [2.45, 2.75) is 123 Å². The maximum absolute atomic E-state index is 14.7. The first kappa shape index (κ1) is 41.3. The summed E-state index contributed by atoms with van der Waals surface area (Å²) in [5.41, 5.74) is 5.54. The molecule has 0 spiro atoms. The topological polar surface area (TPSA) is 157 Å². The van der Waals surface area contributed by atoms with Crippen LogP contribution in [0.3, 0.4) is 0 Å². The molecule has 0 bridgehead atoms. The largest absolute Gasteiger partial charge is 0.458 e. The van der Waals surface area contributed by atoms with Gasteiger partial charge in [-0.3, -0.25) is 14.4 Å². The minimum atomic E-state index is -1.46. The summed E-state index contributed by atoms with van der Waals surface area (Å²) < 4.78 is 11.1. The first-order valence-electron chi connectivity index (χ1n) is 16.9. The average Bonchev–Trinajstić information content (AvgIpc) is 3.00. The van der Waals surface area contributed by atoms with Crippen LogP contribution in [-0.4, -0.2) is 64.0 Å². The smallest absolute Gasteiger partial charge is 0.408 e. The van der Waals surface area contributed by atoms with Crippen LogP contribution < -0.4 is 16.4 Å². The van der Waals surface area contributed by atoms with E-state index in [1.54, 1.807) is 72.7 Å². The van der Waals surface area contributed by atoms with E-state index in [0.29, 0.717) is 24.0 Å². The third kappa shape index (κ3) is 13.9. The fourth-order valence-electron chi connectivity index (χ4n) is 5.21. The molecule has 4 unspecified atom stereocenters. The number of primary amides is 1. The summed E-state index contributed by atoms with van der Waals surface area (Å²) in [6.45, 7) is 16.0. The van der Waals surface area contributed by atoms with Crippen molar-refractivity contribution in [3.8, 4) is 12.3 Å². The van der Waals surface area contributed by atoms with Crippen molar-refractivity contribution in [3.05, 3.63) is 71.3 Å². The average molecular weight is 691 g/mol. The van der Waals surface area contributed by atoms with E-state index in [0.717, 1.165) is 5.56 Å². The van der Waals surface area contributed by atoms with E-state index >= 15 is 0 Å². The number of benzene rings is 2. The van der Waals surface area contributed by atoms with E-state index in [-0.39, 0.29) is 12.3 Å². The molecule has 0 radical (unpaired) electrons. The van der Waals surface area contributed by atoms with Crippen molar-refractivity contribution in [2.75, 3.05) is 0 Å². The number of carbonyl (C=O) groups is 5. The number of nitrogens with two attached hydrogens (primary N) is 1. The number of rotatable bonds is 15. The molecule has 4 amide bonds. The SMILES string of the molecule is C#Cc1ccc(C(C(=O)NC(Cc2ccccc2)C(=O)OC(C)(C)C)N(C(=O)C(CC(N)=O)NC(=O)OC(C)(C)C)C(C)CCC(C)C)cc1. The van der Waals surface area contributed by atoms with Gasteiger partial charge in [-0.2, -0.15) is 0 Å². The number of hydrogen-bond donors (Lipinski definition) is 3. The highest BCUT2D eigenvalue weighted by atomic mass is 16.6. The molecule has 2 aromatic carbocycles. The van der Waals surface area contributed by atoms with Crippen molar-refractivity contribution in [3.63, 3.8) is 0 Å². The van der Waals surface area contributed by atoms with Gasteiger partial charge in [-0.15, -0.1) is 6.42 Å². The molecule has 11 nitrogen and oxygen atoms in total. The molecule has 4 N–H and O–H groups in total. The first-order chi connectivity index (χ1) is 23.2. The van der Waals surface area contributed by atoms with Crippen LogP contribution in [0.2, 0.25) is 0 Å². The van der Waals surface area contributed by atoms with E-state index in [1.807, 2.05) is 44.2 Å². The molecule has 4 atom stereocenters. The van der Waals surface area contributed by atoms with Crippen LogP contribution in [0.5, 0.6) is 0 Å². The number of alkyl carbamates (subject to hydrolysis) is 1. The lowest BCUT2D eigenvalue weighted by atomic mass is 9.95. The molecule has 0 aliphatic heterocycles. The van der Waals surface area contributed by atoms with Gasteiger partial charge < -0.3 is 30.7 Å². The van der Waals surface area contributed by atoms with Gasteiger partial charge in [0, 0.05) is 18.0 Å². The third-order valence-electron chi connectivity index (χ3n) is 7.50. The maximum Gasteiger partial charge on any atom is 0.408 e. The maximum atomic E-state index is 14.7. The zero-order chi connectivity index (χ0) is 37.8. The molecule has 11 heteroatoms. The molecule has 0 fully saturated rings. The summed E-state index contributed by atoms with van der Waals surface area (Å²) in [7, 11) is 0. The summed E-state index contributed by atoms with van der Waals surface area (Å²) in [6, 6.07) is 11.2. The van der Waals surface area contributed by atoms with Crippen LogP contribution >= 0.6 is 0 Å². The van der Waals surface area contributed by atoms with Gasteiger partial charge in [0.05, 0.1) is 6.42 Å². The van der Waals surface area contributed by atoms with Gasteiger partial charge in [0.25, 0.3) is 0 Å². The van der Waals surface area contributed by atoms with Gasteiger partial charge in [0.2, 0.25) is 17.7 Å². The Hall–Kier alpha value is -4.85. The zero-order valence-electron chi connectivity index (χ0n) is 30.9. The number of terminal acetylenes is 1. The minimum Gasteiger partial charge on any atom is -0.458 e. The van der Waals surface area contributed by atoms with E-state index in [4.69, 9.17) is 21.6 Å². The molecule has 272 valence electrons. The minimum absolute atomic E-state index is 0.117.